The standard InChI is InChI=1S/C16H26N2O2S/c1-4-14-5-6-15(21-14)12(2)17-13-7-9-18(10-8-13)16(19)11-20-3/h5-6,12-13,17H,4,7-11H2,1-3H3. The van der Waals surface area contributed by atoms with Crippen LogP contribution in [0.25, 0.3) is 0 Å². The first-order valence-corrected chi connectivity index (χ1v) is 8.57. The fourth-order valence-corrected chi connectivity index (χ4v) is 3.73. The lowest BCUT2D eigenvalue weighted by atomic mass is 10.0. The summed E-state index contributed by atoms with van der Waals surface area (Å²) in [4.78, 5) is 16.5. The quantitative estimate of drug-likeness (QED) is 0.878. The number of thiophene rings is 1. The number of carbonyl (C=O) groups is 1. The summed E-state index contributed by atoms with van der Waals surface area (Å²) in [6.07, 6.45) is 3.15. The second-order valence-electron chi connectivity index (χ2n) is 5.63. The van der Waals surface area contributed by atoms with Crippen LogP contribution in [-0.4, -0.2) is 43.7 Å². The summed E-state index contributed by atoms with van der Waals surface area (Å²) in [7, 11) is 1.57. The molecule has 1 aromatic heterocycles. The summed E-state index contributed by atoms with van der Waals surface area (Å²) < 4.78 is 4.91. The molecular formula is C16H26N2O2S. The molecule has 1 unspecified atom stereocenters. The number of likely N-dealkylation sites (tertiary alicyclic amines) is 1. The van der Waals surface area contributed by atoms with Crippen molar-refractivity contribution in [3.8, 4) is 0 Å². The van der Waals surface area contributed by atoms with Gasteiger partial charge in [-0.2, -0.15) is 0 Å². The van der Waals surface area contributed by atoms with Gasteiger partial charge in [-0.3, -0.25) is 4.79 Å². The lowest BCUT2D eigenvalue weighted by molar-refractivity contribution is -0.136. The molecule has 5 heteroatoms. The van der Waals surface area contributed by atoms with Crippen LogP contribution in [0.4, 0.5) is 0 Å². The number of methoxy groups -OCH3 is 1. The molecule has 4 nitrogen and oxygen atoms in total. The van der Waals surface area contributed by atoms with Crippen molar-refractivity contribution in [2.75, 3.05) is 26.8 Å². The van der Waals surface area contributed by atoms with E-state index in [2.05, 4.69) is 31.3 Å². The van der Waals surface area contributed by atoms with Crippen LogP contribution in [0.2, 0.25) is 0 Å². The summed E-state index contributed by atoms with van der Waals surface area (Å²) in [5.41, 5.74) is 0. The van der Waals surface area contributed by atoms with Crippen LogP contribution >= 0.6 is 11.3 Å². The third kappa shape index (κ3) is 4.53. The largest absolute Gasteiger partial charge is 0.375 e. The molecule has 2 rings (SSSR count). The maximum Gasteiger partial charge on any atom is 0.248 e. The lowest BCUT2D eigenvalue weighted by Crippen LogP contribution is -2.46. The third-order valence-electron chi connectivity index (χ3n) is 4.06. The van der Waals surface area contributed by atoms with Gasteiger partial charge >= 0.3 is 0 Å². The van der Waals surface area contributed by atoms with Gasteiger partial charge in [-0.25, -0.2) is 0 Å². The Morgan fingerprint density at radius 1 is 1.48 bits per heavy atom. The van der Waals surface area contributed by atoms with Crippen LogP contribution in [0.1, 0.15) is 42.5 Å². The minimum atomic E-state index is 0.106. The van der Waals surface area contributed by atoms with E-state index in [9.17, 15) is 4.79 Å². The number of nitrogens with zero attached hydrogens (tertiary/aromatic N) is 1. The summed E-state index contributed by atoms with van der Waals surface area (Å²) in [5.74, 6) is 0.106. The molecule has 1 fully saturated rings. The van der Waals surface area contributed by atoms with Crippen LogP contribution in [0.3, 0.4) is 0 Å². The summed E-state index contributed by atoms with van der Waals surface area (Å²) >= 11 is 1.90. The molecule has 1 N–H and O–H groups in total. The SMILES string of the molecule is CCc1ccc(C(C)NC2CCN(C(=O)COC)CC2)s1. The van der Waals surface area contributed by atoms with E-state index in [1.54, 1.807) is 7.11 Å². The van der Waals surface area contributed by atoms with E-state index in [0.717, 1.165) is 32.4 Å². The molecule has 1 amide bonds. The number of aryl methyl sites for hydroxylation is 1. The fourth-order valence-electron chi connectivity index (χ4n) is 2.76. The summed E-state index contributed by atoms with van der Waals surface area (Å²) in [6, 6.07) is 5.35. The maximum absolute atomic E-state index is 11.8. The molecule has 1 aliphatic rings. The van der Waals surface area contributed by atoms with E-state index in [1.807, 2.05) is 16.2 Å². The molecule has 1 saturated heterocycles. The Morgan fingerprint density at radius 2 is 2.19 bits per heavy atom. The molecule has 0 bridgehead atoms. The van der Waals surface area contributed by atoms with Gasteiger partial charge in [0.25, 0.3) is 0 Å². The molecule has 0 radical (unpaired) electrons. The highest BCUT2D eigenvalue weighted by atomic mass is 32.1. The highest BCUT2D eigenvalue weighted by molar-refractivity contribution is 7.12. The van der Waals surface area contributed by atoms with Gasteiger partial charge in [0, 0.05) is 42.0 Å². The number of nitrogens with one attached hydrogen (secondary N) is 1. The number of hydrogen-bond donors (Lipinski definition) is 1. The first kappa shape index (κ1) is 16.5. The number of amides is 1. The van der Waals surface area contributed by atoms with Crippen LogP contribution in [0.15, 0.2) is 12.1 Å². The first-order valence-electron chi connectivity index (χ1n) is 7.75. The Kier molecular flexibility index (Phi) is 6.21. The van der Waals surface area contributed by atoms with E-state index in [-0.39, 0.29) is 12.5 Å². The van der Waals surface area contributed by atoms with Crippen molar-refractivity contribution in [1.29, 1.82) is 0 Å². The van der Waals surface area contributed by atoms with Gasteiger partial charge in [0.15, 0.2) is 0 Å². The zero-order valence-corrected chi connectivity index (χ0v) is 14.0. The number of rotatable bonds is 6. The Balaban J connectivity index is 1.79. The molecule has 118 valence electrons. The van der Waals surface area contributed by atoms with Crippen LogP contribution in [-0.2, 0) is 16.0 Å². The lowest BCUT2D eigenvalue weighted by Gasteiger charge is -2.33. The zero-order chi connectivity index (χ0) is 15.2. The molecule has 0 saturated carbocycles. The summed E-state index contributed by atoms with van der Waals surface area (Å²) in [5, 5.41) is 3.71. The minimum Gasteiger partial charge on any atom is -0.375 e. The predicted octanol–water partition coefficient (Wildman–Crippen LogP) is 2.60. The van der Waals surface area contributed by atoms with Crippen molar-refractivity contribution in [3.05, 3.63) is 21.9 Å². The monoisotopic (exact) mass is 310 g/mol. The molecule has 2 heterocycles. The van der Waals surface area contributed by atoms with Crippen LogP contribution in [0, 0.1) is 0 Å². The van der Waals surface area contributed by atoms with E-state index in [4.69, 9.17) is 4.74 Å². The Hall–Kier alpha value is -0.910. The Bertz CT molecular complexity index is 453. The second kappa shape index (κ2) is 7.92. The van der Waals surface area contributed by atoms with E-state index >= 15 is 0 Å². The highest BCUT2D eigenvalue weighted by Gasteiger charge is 2.23. The van der Waals surface area contributed by atoms with Crippen molar-refractivity contribution in [1.82, 2.24) is 10.2 Å². The molecule has 1 aliphatic heterocycles. The molecule has 1 atom stereocenters. The first-order chi connectivity index (χ1) is 10.1. The van der Waals surface area contributed by atoms with Crippen molar-refractivity contribution < 1.29 is 9.53 Å². The van der Waals surface area contributed by atoms with Crippen molar-refractivity contribution in [2.45, 2.75) is 45.2 Å². The van der Waals surface area contributed by atoms with E-state index in [0.29, 0.717) is 12.1 Å². The van der Waals surface area contributed by atoms with Crippen molar-refractivity contribution >= 4 is 17.2 Å². The van der Waals surface area contributed by atoms with Gasteiger partial charge in [0.05, 0.1) is 0 Å². The molecule has 0 aromatic carbocycles. The van der Waals surface area contributed by atoms with Crippen LogP contribution in [0.5, 0.6) is 0 Å². The smallest absolute Gasteiger partial charge is 0.248 e. The summed E-state index contributed by atoms with van der Waals surface area (Å²) in [6.45, 7) is 6.28. The van der Waals surface area contributed by atoms with Gasteiger partial charge in [0.1, 0.15) is 6.61 Å². The van der Waals surface area contributed by atoms with E-state index < -0.39 is 0 Å². The van der Waals surface area contributed by atoms with Crippen molar-refractivity contribution in [2.24, 2.45) is 0 Å². The Labute approximate surface area is 131 Å². The van der Waals surface area contributed by atoms with Gasteiger partial charge in [0.2, 0.25) is 5.91 Å². The molecule has 21 heavy (non-hydrogen) atoms. The topological polar surface area (TPSA) is 41.6 Å². The number of piperidine rings is 1. The number of hydrogen-bond acceptors (Lipinski definition) is 4. The van der Waals surface area contributed by atoms with Gasteiger partial charge in [-0.1, -0.05) is 6.92 Å². The van der Waals surface area contributed by atoms with Gasteiger partial charge in [-0.05, 0) is 38.3 Å². The molecule has 1 aromatic rings. The average molecular weight is 310 g/mol. The fraction of sp³-hybridized carbons (Fsp3) is 0.688. The predicted molar refractivity (Wildman–Crippen MR) is 86.7 cm³/mol. The normalized spacial score (nSPS) is 18.0. The second-order valence-corrected chi connectivity index (χ2v) is 6.83. The maximum atomic E-state index is 11.8. The highest BCUT2D eigenvalue weighted by Crippen LogP contribution is 2.25. The average Bonchev–Trinajstić information content (AvgIpc) is 2.97. The third-order valence-corrected chi connectivity index (χ3v) is 5.47. The minimum absolute atomic E-state index is 0.106. The molecule has 0 spiro atoms. The van der Waals surface area contributed by atoms with Crippen molar-refractivity contribution in [3.63, 3.8) is 0 Å². The Morgan fingerprint density at radius 3 is 2.76 bits per heavy atom. The van der Waals surface area contributed by atoms with Gasteiger partial charge in [-0.15, -0.1) is 11.3 Å². The molecular weight excluding hydrogens is 284 g/mol. The van der Waals surface area contributed by atoms with Crippen LogP contribution < -0.4 is 5.32 Å². The molecule has 0 aliphatic carbocycles. The van der Waals surface area contributed by atoms with Gasteiger partial charge < -0.3 is 15.0 Å². The van der Waals surface area contributed by atoms with E-state index in [1.165, 1.54) is 9.75 Å². The number of ether oxygens (including phenoxy) is 1. The number of carbonyl (C=O) groups excluding carboxylic acids is 1. The zero-order valence-electron chi connectivity index (χ0n) is 13.2.